The van der Waals surface area contributed by atoms with E-state index in [-0.39, 0.29) is 5.91 Å². The second-order valence-corrected chi connectivity index (χ2v) is 5.92. The van der Waals surface area contributed by atoms with E-state index in [9.17, 15) is 4.79 Å². The van der Waals surface area contributed by atoms with E-state index in [1.165, 1.54) is 17.1 Å². The average Bonchev–Trinajstić information content (AvgIpc) is 3.24. The zero-order valence-electron chi connectivity index (χ0n) is 15.9. The molecule has 1 amide bonds. The molecule has 1 aromatic heterocycles. The maximum Gasteiger partial charge on any atom is 0.248 e. The minimum absolute atomic E-state index is 0.246. The molecule has 0 aliphatic rings. The fraction of sp³-hybridized carbons (Fsp3) is 0.200. The number of rotatable bonds is 7. The predicted molar refractivity (Wildman–Crippen MR) is 106 cm³/mol. The molecule has 0 saturated carbocycles. The molecule has 3 rings (SSSR count). The van der Waals surface area contributed by atoms with E-state index in [1.807, 2.05) is 50.2 Å². The fourth-order valence-corrected chi connectivity index (χ4v) is 2.58. The first-order chi connectivity index (χ1) is 13.6. The summed E-state index contributed by atoms with van der Waals surface area (Å²) in [5, 5.41) is 14.0. The van der Waals surface area contributed by atoms with Crippen LogP contribution in [0.2, 0.25) is 0 Å². The van der Waals surface area contributed by atoms with Crippen molar-refractivity contribution in [3.05, 3.63) is 59.9 Å². The van der Waals surface area contributed by atoms with Gasteiger partial charge in [-0.25, -0.2) is 4.68 Å². The second kappa shape index (κ2) is 8.81. The van der Waals surface area contributed by atoms with Crippen molar-refractivity contribution in [1.29, 1.82) is 0 Å². The summed E-state index contributed by atoms with van der Waals surface area (Å²) < 4.78 is 12.4. The van der Waals surface area contributed by atoms with Crippen LogP contribution in [0.3, 0.4) is 0 Å². The summed E-state index contributed by atoms with van der Waals surface area (Å²) in [6.45, 7) is 4.38. The molecule has 144 valence electrons. The molecule has 28 heavy (non-hydrogen) atoms. The number of methoxy groups -OCH3 is 1. The number of ether oxygens (including phenoxy) is 2. The number of anilines is 1. The maximum absolute atomic E-state index is 12.4. The molecule has 0 spiro atoms. The van der Waals surface area contributed by atoms with Gasteiger partial charge in [0.2, 0.25) is 5.91 Å². The number of nitrogens with zero attached hydrogens (tertiary/aromatic N) is 4. The van der Waals surface area contributed by atoms with Crippen LogP contribution in [0, 0.1) is 6.92 Å². The molecule has 1 heterocycles. The quantitative estimate of drug-likeness (QED) is 0.635. The SMILES string of the molecule is CCOc1ccc(/C=C/C(=O)Nc2cc(-n3cnnn3)ccc2C)cc1OC. The molecule has 0 unspecified atom stereocenters. The highest BCUT2D eigenvalue weighted by Crippen LogP contribution is 2.28. The summed E-state index contributed by atoms with van der Waals surface area (Å²) in [5.74, 6) is 1.04. The number of carbonyl (C=O) groups excluding carboxylic acids is 1. The molecule has 2 aromatic carbocycles. The van der Waals surface area contributed by atoms with Crippen molar-refractivity contribution in [1.82, 2.24) is 20.2 Å². The number of hydrogen-bond acceptors (Lipinski definition) is 6. The van der Waals surface area contributed by atoms with Crippen LogP contribution in [0.25, 0.3) is 11.8 Å². The molecule has 0 radical (unpaired) electrons. The Hall–Kier alpha value is -3.68. The van der Waals surface area contributed by atoms with Gasteiger partial charge in [0.1, 0.15) is 6.33 Å². The van der Waals surface area contributed by atoms with E-state index in [0.29, 0.717) is 23.8 Å². The normalized spacial score (nSPS) is 10.8. The average molecular weight is 379 g/mol. The van der Waals surface area contributed by atoms with Gasteiger partial charge in [-0.05, 0) is 65.7 Å². The Morgan fingerprint density at radius 2 is 2.07 bits per heavy atom. The van der Waals surface area contributed by atoms with Crippen molar-refractivity contribution in [2.45, 2.75) is 13.8 Å². The van der Waals surface area contributed by atoms with Crippen LogP contribution in [0.15, 0.2) is 48.8 Å². The highest BCUT2D eigenvalue weighted by atomic mass is 16.5. The number of aryl methyl sites for hydroxylation is 1. The first kappa shape index (κ1) is 19.1. The van der Waals surface area contributed by atoms with Gasteiger partial charge in [-0.2, -0.15) is 0 Å². The Morgan fingerprint density at radius 1 is 1.21 bits per heavy atom. The molecule has 8 heteroatoms. The lowest BCUT2D eigenvalue weighted by molar-refractivity contribution is -0.111. The number of benzene rings is 2. The topological polar surface area (TPSA) is 91.2 Å². The van der Waals surface area contributed by atoms with Crippen molar-refractivity contribution >= 4 is 17.7 Å². The van der Waals surface area contributed by atoms with Gasteiger partial charge in [0.05, 0.1) is 19.4 Å². The molecular formula is C20H21N5O3. The Labute approximate surface area is 162 Å². The molecule has 0 aliphatic carbocycles. The standard InChI is InChI=1S/C20H21N5O3/c1-4-28-18-9-6-15(11-19(18)27-3)7-10-20(26)22-17-12-16(8-5-14(17)2)25-13-21-23-24-25/h5-13H,4H2,1-3H3,(H,22,26)/b10-7+. The smallest absolute Gasteiger partial charge is 0.248 e. The zero-order valence-corrected chi connectivity index (χ0v) is 15.9. The van der Waals surface area contributed by atoms with Crippen LogP contribution in [0.1, 0.15) is 18.1 Å². The van der Waals surface area contributed by atoms with Crippen molar-refractivity contribution in [3.63, 3.8) is 0 Å². The molecule has 0 atom stereocenters. The van der Waals surface area contributed by atoms with E-state index >= 15 is 0 Å². The zero-order chi connectivity index (χ0) is 19.9. The highest BCUT2D eigenvalue weighted by molar-refractivity contribution is 6.02. The molecule has 3 aromatic rings. The summed E-state index contributed by atoms with van der Waals surface area (Å²) >= 11 is 0. The lowest BCUT2D eigenvalue weighted by atomic mass is 10.1. The number of amides is 1. The Morgan fingerprint density at radius 3 is 2.79 bits per heavy atom. The van der Waals surface area contributed by atoms with Crippen LogP contribution < -0.4 is 14.8 Å². The van der Waals surface area contributed by atoms with Crippen molar-refractivity contribution < 1.29 is 14.3 Å². The van der Waals surface area contributed by atoms with Crippen LogP contribution in [-0.4, -0.2) is 39.8 Å². The van der Waals surface area contributed by atoms with Gasteiger partial charge in [-0.1, -0.05) is 12.1 Å². The summed E-state index contributed by atoms with van der Waals surface area (Å²) in [7, 11) is 1.58. The molecule has 0 bridgehead atoms. The minimum atomic E-state index is -0.246. The Kier molecular flexibility index (Phi) is 6.01. The first-order valence-electron chi connectivity index (χ1n) is 8.74. The van der Waals surface area contributed by atoms with Gasteiger partial charge in [0.25, 0.3) is 0 Å². The molecule has 1 N–H and O–H groups in total. The monoisotopic (exact) mass is 379 g/mol. The molecular weight excluding hydrogens is 358 g/mol. The van der Waals surface area contributed by atoms with Gasteiger partial charge in [-0.3, -0.25) is 4.79 Å². The largest absolute Gasteiger partial charge is 0.493 e. The van der Waals surface area contributed by atoms with Gasteiger partial charge in [0, 0.05) is 11.8 Å². The van der Waals surface area contributed by atoms with Crippen molar-refractivity contribution in [2.24, 2.45) is 0 Å². The third kappa shape index (κ3) is 4.53. The summed E-state index contributed by atoms with van der Waals surface area (Å²) in [6.07, 6.45) is 4.68. The van der Waals surface area contributed by atoms with E-state index in [1.54, 1.807) is 13.2 Å². The van der Waals surface area contributed by atoms with Crippen LogP contribution in [0.5, 0.6) is 11.5 Å². The van der Waals surface area contributed by atoms with Crippen LogP contribution in [-0.2, 0) is 4.79 Å². The lowest BCUT2D eigenvalue weighted by Crippen LogP contribution is -2.09. The number of aromatic nitrogens is 4. The van der Waals surface area contributed by atoms with E-state index in [4.69, 9.17) is 9.47 Å². The molecule has 0 fully saturated rings. The van der Waals surface area contributed by atoms with Gasteiger partial charge < -0.3 is 14.8 Å². The summed E-state index contributed by atoms with van der Waals surface area (Å²) in [6, 6.07) is 11.1. The highest BCUT2D eigenvalue weighted by Gasteiger charge is 2.07. The van der Waals surface area contributed by atoms with E-state index < -0.39 is 0 Å². The molecule has 0 aliphatic heterocycles. The number of carbonyl (C=O) groups is 1. The lowest BCUT2D eigenvalue weighted by Gasteiger charge is -2.10. The Bertz CT molecular complexity index is 984. The van der Waals surface area contributed by atoms with Gasteiger partial charge in [0.15, 0.2) is 11.5 Å². The Balaban J connectivity index is 1.73. The predicted octanol–water partition coefficient (Wildman–Crippen LogP) is 3.03. The van der Waals surface area contributed by atoms with E-state index in [2.05, 4.69) is 20.8 Å². The number of tetrazole rings is 1. The summed E-state index contributed by atoms with van der Waals surface area (Å²) in [5.41, 5.74) is 3.20. The number of nitrogens with one attached hydrogen (secondary N) is 1. The van der Waals surface area contributed by atoms with Crippen molar-refractivity contribution in [2.75, 3.05) is 19.0 Å². The number of hydrogen-bond donors (Lipinski definition) is 1. The van der Waals surface area contributed by atoms with Gasteiger partial charge in [-0.15, -0.1) is 5.10 Å². The molecule has 8 nitrogen and oxygen atoms in total. The van der Waals surface area contributed by atoms with Crippen LogP contribution in [0.4, 0.5) is 5.69 Å². The summed E-state index contributed by atoms with van der Waals surface area (Å²) in [4.78, 5) is 12.4. The van der Waals surface area contributed by atoms with Gasteiger partial charge >= 0.3 is 0 Å². The molecule has 0 saturated heterocycles. The third-order valence-electron chi connectivity index (χ3n) is 4.01. The maximum atomic E-state index is 12.4. The van der Waals surface area contributed by atoms with E-state index in [0.717, 1.165) is 16.8 Å². The first-order valence-corrected chi connectivity index (χ1v) is 8.74. The van der Waals surface area contributed by atoms with Crippen LogP contribution >= 0.6 is 0 Å². The third-order valence-corrected chi connectivity index (χ3v) is 4.01. The fourth-order valence-electron chi connectivity index (χ4n) is 2.58. The van der Waals surface area contributed by atoms with Crippen molar-refractivity contribution in [3.8, 4) is 17.2 Å². The minimum Gasteiger partial charge on any atom is -0.493 e. The second-order valence-electron chi connectivity index (χ2n) is 5.92.